The van der Waals surface area contributed by atoms with Gasteiger partial charge in [-0.25, -0.2) is 13.8 Å². The van der Waals surface area contributed by atoms with Crippen LogP contribution in [-0.2, 0) is 6.42 Å². The van der Waals surface area contributed by atoms with Gasteiger partial charge < -0.3 is 5.32 Å². The molecule has 2 nitrogen and oxygen atoms in total. The lowest BCUT2D eigenvalue weighted by Gasteiger charge is -2.20. The standard InChI is InChI=1S/C15H16F2N2S/c1-18-8-9-3-2-4-13-14(9)19-15(20-13)11-7-10(16)5-6-12(11)17/h5-7,9,18H,2-4,8H2,1H3. The van der Waals surface area contributed by atoms with E-state index in [2.05, 4.69) is 10.3 Å². The van der Waals surface area contributed by atoms with Crippen molar-refractivity contribution in [3.8, 4) is 10.6 Å². The zero-order chi connectivity index (χ0) is 14.1. The Hall–Kier alpha value is -1.33. The molecule has 0 amide bonds. The Kier molecular flexibility index (Phi) is 3.81. The van der Waals surface area contributed by atoms with Crippen molar-refractivity contribution in [2.75, 3.05) is 13.6 Å². The van der Waals surface area contributed by atoms with Crippen molar-refractivity contribution in [3.63, 3.8) is 0 Å². The fourth-order valence-corrected chi connectivity index (χ4v) is 3.94. The molecule has 1 aromatic heterocycles. The van der Waals surface area contributed by atoms with E-state index in [-0.39, 0.29) is 5.56 Å². The topological polar surface area (TPSA) is 24.9 Å². The van der Waals surface area contributed by atoms with E-state index < -0.39 is 11.6 Å². The Balaban J connectivity index is 2.02. The highest BCUT2D eigenvalue weighted by atomic mass is 32.1. The maximum absolute atomic E-state index is 13.9. The molecule has 0 bridgehead atoms. The van der Waals surface area contributed by atoms with E-state index >= 15 is 0 Å². The van der Waals surface area contributed by atoms with Crippen LogP contribution in [0.4, 0.5) is 8.78 Å². The smallest absolute Gasteiger partial charge is 0.133 e. The first kappa shape index (κ1) is 13.6. The van der Waals surface area contributed by atoms with Crippen molar-refractivity contribution in [1.82, 2.24) is 10.3 Å². The lowest BCUT2D eigenvalue weighted by molar-refractivity contribution is 0.523. The molecule has 1 aliphatic rings. The predicted octanol–water partition coefficient (Wildman–Crippen LogP) is 3.73. The Bertz CT molecular complexity index is 624. The number of rotatable bonds is 3. The van der Waals surface area contributed by atoms with E-state index in [4.69, 9.17) is 0 Å². The first-order valence-corrected chi connectivity index (χ1v) is 7.60. The number of halogens is 2. The Labute approximate surface area is 120 Å². The maximum atomic E-state index is 13.9. The monoisotopic (exact) mass is 294 g/mol. The summed E-state index contributed by atoms with van der Waals surface area (Å²) in [5.41, 5.74) is 1.34. The Morgan fingerprint density at radius 3 is 3.05 bits per heavy atom. The second kappa shape index (κ2) is 5.58. The zero-order valence-corrected chi connectivity index (χ0v) is 12.1. The summed E-state index contributed by atoms with van der Waals surface area (Å²) in [6.45, 7) is 0.877. The summed E-state index contributed by atoms with van der Waals surface area (Å²) >= 11 is 1.50. The maximum Gasteiger partial charge on any atom is 0.133 e. The zero-order valence-electron chi connectivity index (χ0n) is 11.2. The van der Waals surface area contributed by atoms with Crippen LogP contribution in [0.2, 0.25) is 0 Å². The van der Waals surface area contributed by atoms with E-state index in [1.54, 1.807) is 0 Å². The lowest BCUT2D eigenvalue weighted by atomic mass is 9.91. The molecule has 0 spiro atoms. The van der Waals surface area contributed by atoms with Crippen molar-refractivity contribution in [2.45, 2.75) is 25.2 Å². The van der Waals surface area contributed by atoms with Crippen LogP contribution in [0.15, 0.2) is 18.2 Å². The van der Waals surface area contributed by atoms with Crippen LogP contribution in [0.25, 0.3) is 10.6 Å². The first-order chi connectivity index (χ1) is 9.69. The summed E-state index contributed by atoms with van der Waals surface area (Å²) in [6, 6.07) is 3.53. The molecule has 1 N–H and O–H groups in total. The molecule has 2 aromatic rings. The second-order valence-corrected chi connectivity index (χ2v) is 6.18. The average Bonchev–Trinajstić information content (AvgIpc) is 2.87. The minimum absolute atomic E-state index is 0.271. The van der Waals surface area contributed by atoms with Gasteiger partial charge in [0.25, 0.3) is 0 Å². The number of hydrogen-bond acceptors (Lipinski definition) is 3. The second-order valence-electron chi connectivity index (χ2n) is 5.10. The fourth-order valence-electron chi connectivity index (χ4n) is 2.73. The molecule has 0 radical (unpaired) electrons. The highest BCUT2D eigenvalue weighted by Crippen LogP contribution is 2.38. The van der Waals surface area contributed by atoms with Gasteiger partial charge in [-0.1, -0.05) is 0 Å². The largest absolute Gasteiger partial charge is 0.319 e. The molecule has 1 aliphatic carbocycles. The summed E-state index contributed by atoms with van der Waals surface area (Å²) in [6.07, 6.45) is 3.22. The van der Waals surface area contributed by atoms with E-state index in [1.807, 2.05) is 7.05 Å². The summed E-state index contributed by atoms with van der Waals surface area (Å²) in [4.78, 5) is 5.81. The van der Waals surface area contributed by atoms with Crippen LogP contribution in [0.1, 0.15) is 29.3 Å². The van der Waals surface area contributed by atoms with Crippen molar-refractivity contribution in [3.05, 3.63) is 40.4 Å². The molecular formula is C15H16F2N2S. The summed E-state index contributed by atoms with van der Waals surface area (Å²) in [5.74, 6) is -0.464. The number of aryl methyl sites for hydroxylation is 1. The van der Waals surface area contributed by atoms with Crippen LogP contribution in [0.3, 0.4) is 0 Å². The molecule has 5 heteroatoms. The minimum atomic E-state index is -0.429. The number of hydrogen-bond donors (Lipinski definition) is 1. The molecule has 20 heavy (non-hydrogen) atoms. The van der Waals surface area contributed by atoms with Crippen LogP contribution < -0.4 is 5.32 Å². The van der Waals surface area contributed by atoms with Gasteiger partial charge in [-0.15, -0.1) is 11.3 Å². The molecule has 1 atom stereocenters. The van der Waals surface area contributed by atoms with Gasteiger partial charge in [-0.2, -0.15) is 0 Å². The summed E-state index contributed by atoms with van der Waals surface area (Å²) in [5, 5.41) is 3.77. The van der Waals surface area contributed by atoms with Crippen molar-refractivity contribution < 1.29 is 8.78 Å². The SMILES string of the molecule is CNCC1CCCc2sc(-c3cc(F)ccc3F)nc21. The van der Waals surface area contributed by atoms with Gasteiger partial charge in [0.05, 0.1) is 5.69 Å². The minimum Gasteiger partial charge on any atom is -0.319 e. The number of nitrogens with one attached hydrogen (secondary N) is 1. The number of likely N-dealkylation sites (N-methyl/N-ethyl adjacent to an activating group) is 1. The molecule has 1 heterocycles. The van der Waals surface area contributed by atoms with Gasteiger partial charge in [0.2, 0.25) is 0 Å². The van der Waals surface area contributed by atoms with Gasteiger partial charge in [-0.05, 0) is 44.5 Å². The molecule has 3 rings (SSSR count). The third kappa shape index (κ3) is 2.47. The summed E-state index contributed by atoms with van der Waals surface area (Å²) < 4.78 is 27.2. The Morgan fingerprint density at radius 1 is 1.40 bits per heavy atom. The molecule has 106 valence electrons. The number of benzene rings is 1. The highest BCUT2D eigenvalue weighted by Gasteiger charge is 2.25. The van der Waals surface area contributed by atoms with Crippen LogP contribution >= 0.6 is 11.3 Å². The number of nitrogens with zero attached hydrogens (tertiary/aromatic N) is 1. The number of fused-ring (bicyclic) bond motifs is 1. The third-order valence-electron chi connectivity index (χ3n) is 3.68. The predicted molar refractivity (Wildman–Crippen MR) is 77.1 cm³/mol. The normalized spacial score (nSPS) is 18.1. The number of aromatic nitrogens is 1. The lowest BCUT2D eigenvalue weighted by Crippen LogP contribution is -2.20. The molecular weight excluding hydrogens is 278 g/mol. The van der Waals surface area contributed by atoms with Crippen LogP contribution in [0, 0.1) is 11.6 Å². The quantitative estimate of drug-likeness (QED) is 0.933. The average molecular weight is 294 g/mol. The molecule has 0 fully saturated rings. The van der Waals surface area contributed by atoms with Crippen molar-refractivity contribution in [2.24, 2.45) is 0 Å². The molecule has 1 unspecified atom stereocenters. The molecule has 1 aromatic carbocycles. The van der Waals surface area contributed by atoms with Gasteiger partial charge in [-0.3, -0.25) is 0 Å². The van der Waals surface area contributed by atoms with Gasteiger partial charge in [0.1, 0.15) is 16.6 Å². The van der Waals surface area contributed by atoms with Gasteiger partial charge >= 0.3 is 0 Å². The summed E-state index contributed by atoms with van der Waals surface area (Å²) in [7, 11) is 1.92. The van der Waals surface area contributed by atoms with E-state index in [1.165, 1.54) is 22.3 Å². The van der Waals surface area contributed by atoms with Gasteiger partial charge in [0.15, 0.2) is 0 Å². The van der Waals surface area contributed by atoms with Crippen LogP contribution in [-0.4, -0.2) is 18.6 Å². The molecule has 0 saturated carbocycles. The van der Waals surface area contributed by atoms with Gasteiger partial charge in [0, 0.05) is 22.9 Å². The van der Waals surface area contributed by atoms with Crippen LogP contribution in [0.5, 0.6) is 0 Å². The van der Waals surface area contributed by atoms with Crippen molar-refractivity contribution >= 4 is 11.3 Å². The molecule has 0 saturated heterocycles. The Morgan fingerprint density at radius 2 is 2.25 bits per heavy atom. The third-order valence-corrected chi connectivity index (χ3v) is 4.84. The highest BCUT2D eigenvalue weighted by molar-refractivity contribution is 7.15. The van der Waals surface area contributed by atoms with E-state index in [0.29, 0.717) is 10.9 Å². The van der Waals surface area contributed by atoms with E-state index in [0.717, 1.165) is 43.6 Å². The number of thiazole rings is 1. The van der Waals surface area contributed by atoms with E-state index in [9.17, 15) is 8.78 Å². The van der Waals surface area contributed by atoms with Crippen molar-refractivity contribution in [1.29, 1.82) is 0 Å². The fraction of sp³-hybridized carbons (Fsp3) is 0.400. The molecule has 0 aliphatic heterocycles. The first-order valence-electron chi connectivity index (χ1n) is 6.78.